The van der Waals surface area contributed by atoms with E-state index in [0.717, 1.165) is 4.68 Å². The van der Waals surface area contributed by atoms with Crippen LogP contribution in [0.15, 0.2) is 24.5 Å². The summed E-state index contributed by atoms with van der Waals surface area (Å²) in [6.45, 7) is 5.09. The quantitative estimate of drug-likeness (QED) is 0.789. The Hall–Kier alpha value is -1.56. The molecule has 7 heteroatoms. The third-order valence-corrected chi connectivity index (χ3v) is 3.04. The predicted molar refractivity (Wildman–Crippen MR) is 70.1 cm³/mol. The van der Waals surface area contributed by atoms with Crippen LogP contribution < -0.4 is 0 Å². The van der Waals surface area contributed by atoms with Crippen LogP contribution in [0.4, 0.5) is 13.2 Å². The lowest BCUT2D eigenvalue weighted by molar-refractivity contribution is -0.142. The van der Waals surface area contributed by atoms with Crippen molar-refractivity contribution in [1.82, 2.24) is 14.8 Å². The Morgan fingerprint density at radius 2 is 1.85 bits per heavy atom. The molecule has 0 atom stereocenters. The van der Waals surface area contributed by atoms with E-state index in [2.05, 4.69) is 10.1 Å². The van der Waals surface area contributed by atoms with Crippen molar-refractivity contribution in [1.29, 1.82) is 0 Å². The third-order valence-electron chi connectivity index (χ3n) is 2.75. The van der Waals surface area contributed by atoms with Gasteiger partial charge in [-0.2, -0.15) is 18.3 Å². The first-order chi connectivity index (χ1) is 9.10. The molecule has 0 spiro atoms. The summed E-state index contributed by atoms with van der Waals surface area (Å²) in [5.41, 5.74) is -1.50. The number of rotatable bonds is 1. The largest absolute Gasteiger partial charge is 0.435 e. The first-order valence-corrected chi connectivity index (χ1v) is 6.27. The Morgan fingerprint density at radius 1 is 1.20 bits per heavy atom. The molecule has 0 radical (unpaired) electrons. The first kappa shape index (κ1) is 14.8. The van der Waals surface area contributed by atoms with E-state index in [0.29, 0.717) is 0 Å². The van der Waals surface area contributed by atoms with Crippen molar-refractivity contribution in [2.24, 2.45) is 0 Å². The number of hydrogen-bond acceptors (Lipinski definition) is 2. The van der Waals surface area contributed by atoms with Crippen LogP contribution in [0, 0.1) is 0 Å². The molecule has 0 unspecified atom stereocenters. The zero-order valence-corrected chi connectivity index (χ0v) is 11.9. The van der Waals surface area contributed by atoms with Crippen molar-refractivity contribution in [3.63, 3.8) is 0 Å². The van der Waals surface area contributed by atoms with E-state index in [1.54, 1.807) is 32.9 Å². The summed E-state index contributed by atoms with van der Waals surface area (Å²) in [6.07, 6.45) is -1.74. The van der Waals surface area contributed by atoms with E-state index >= 15 is 0 Å². The molecule has 0 saturated heterocycles. The van der Waals surface area contributed by atoms with E-state index in [1.165, 1.54) is 12.4 Å². The van der Waals surface area contributed by atoms with Crippen LogP contribution in [-0.2, 0) is 11.6 Å². The Morgan fingerprint density at radius 3 is 2.30 bits per heavy atom. The van der Waals surface area contributed by atoms with Crippen LogP contribution in [0.3, 0.4) is 0 Å². The summed E-state index contributed by atoms with van der Waals surface area (Å²) in [7, 11) is 0. The molecule has 0 saturated carbocycles. The molecule has 0 bridgehead atoms. The van der Waals surface area contributed by atoms with Gasteiger partial charge in [0, 0.05) is 18.0 Å². The molecule has 2 heterocycles. The highest BCUT2D eigenvalue weighted by atomic mass is 35.5. The molecule has 20 heavy (non-hydrogen) atoms. The Bertz CT molecular complexity index is 595. The fourth-order valence-electron chi connectivity index (χ4n) is 1.79. The number of alkyl halides is 3. The molecule has 2 rings (SSSR count). The van der Waals surface area contributed by atoms with E-state index in [4.69, 9.17) is 11.6 Å². The smallest absolute Gasteiger partial charge is 0.236 e. The Balaban J connectivity index is 2.65. The predicted octanol–water partition coefficient (Wildman–Crippen LogP) is 4.24. The second-order valence-corrected chi connectivity index (χ2v) is 5.80. The second-order valence-electron chi connectivity index (χ2n) is 5.39. The normalized spacial score (nSPS) is 12.8. The van der Waals surface area contributed by atoms with Gasteiger partial charge in [0.05, 0.1) is 5.02 Å². The van der Waals surface area contributed by atoms with Gasteiger partial charge in [0.15, 0.2) is 11.5 Å². The van der Waals surface area contributed by atoms with Crippen molar-refractivity contribution in [2.75, 3.05) is 0 Å². The number of pyridine rings is 1. The van der Waals surface area contributed by atoms with Gasteiger partial charge in [-0.05, 0) is 17.5 Å². The van der Waals surface area contributed by atoms with Crippen LogP contribution in [0.5, 0.6) is 0 Å². The van der Waals surface area contributed by atoms with Gasteiger partial charge in [0.25, 0.3) is 0 Å². The van der Waals surface area contributed by atoms with Crippen LogP contribution in [0.25, 0.3) is 5.82 Å². The lowest BCUT2D eigenvalue weighted by Gasteiger charge is -2.18. The van der Waals surface area contributed by atoms with Gasteiger partial charge >= 0.3 is 6.18 Å². The van der Waals surface area contributed by atoms with Gasteiger partial charge < -0.3 is 0 Å². The molecule has 108 valence electrons. The van der Waals surface area contributed by atoms with Crippen LogP contribution in [-0.4, -0.2) is 14.8 Å². The Kier molecular flexibility index (Phi) is 3.54. The fourth-order valence-corrected chi connectivity index (χ4v) is 1.99. The van der Waals surface area contributed by atoms with Crippen molar-refractivity contribution >= 4 is 11.6 Å². The molecule has 0 amide bonds. The van der Waals surface area contributed by atoms with Gasteiger partial charge in [-0.1, -0.05) is 32.4 Å². The maximum Gasteiger partial charge on any atom is 0.435 e. The molecule has 0 aliphatic rings. The van der Waals surface area contributed by atoms with Gasteiger partial charge in [0.2, 0.25) is 0 Å². The number of nitrogens with zero attached hydrogens (tertiary/aromatic N) is 3. The van der Waals surface area contributed by atoms with Crippen molar-refractivity contribution in [3.8, 4) is 5.82 Å². The highest BCUT2D eigenvalue weighted by Gasteiger charge is 2.40. The lowest BCUT2D eigenvalue weighted by Crippen LogP contribution is -2.18. The number of aromatic nitrogens is 3. The van der Waals surface area contributed by atoms with E-state index in [9.17, 15) is 13.2 Å². The second kappa shape index (κ2) is 4.77. The SMILES string of the molecule is CC(C)(C)c1cn(-c2ncccc2Cl)nc1C(F)(F)F. The summed E-state index contributed by atoms with van der Waals surface area (Å²) < 4.78 is 40.3. The number of halogens is 4. The van der Waals surface area contributed by atoms with Gasteiger partial charge in [-0.15, -0.1) is 0 Å². The zero-order valence-electron chi connectivity index (χ0n) is 11.2. The van der Waals surface area contributed by atoms with Gasteiger partial charge in [-0.25, -0.2) is 9.67 Å². The third kappa shape index (κ3) is 2.80. The molecule has 0 aliphatic heterocycles. The van der Waals surface area contributed by atoms with E-state index < -0.39 is 17.3 Å². The summed E-state index contributed by atoms with van der Waals surface area (Å²) >= 11 is 5.94. The first-order valence-electron chi connectivity index (χ1n) is 5.89. The van der Waals surface area contributed by atoms with Crippen LogP contribution in [0.2, 0.25) is 5.02 Å². The van der Waals surface area contributed by atoms with Crippen LogP contribution >= 0.6 is 11.6 Å². The minimum Gasteiger partial charge on any atom is -0.236 e. The molecule has 2 aromatic rings. The lowest BCUT2D eigenvalue weighted by atomic mass is 9.87. The summed E-state index contributed by atoms with van der Waals surface area (Å²) in [4.78, 5) is 3.97. The molecule has 0 aliphatic carbocycles. The molecular formula is C13H13ClF3N3. The molecule has 0 fully saturated rings. The van der Waals surface area contributed by atoms with E-state index in [1.807, 2.05) is 0 Å². The minimum atomic E-state index is -4.52. The number of hydrogen-bond donors (Lipinski definition) is 0. The van der Waals surface area contributed by atoms with Crippen LogP contribution in [0.1, 0.15) is 32.0 Å². The monoisotopic (exact) mass is 303 g/mol. The van der Waals surface area contributed by atoms with Crippen molar-refractivity contribution in [3.05, 3.63) is 40.8 Å². The highest BCUT2D eigenvalue weighted by Crippen LogP contribution is 2.37. The summed E-state index contributed by atoms with van der Waals surface area (Å²) in [5.74, 6) is 0.176. The fraction of sp³-hybridized carbons (Fsp3) is 0.385. The molecule has 0 N–H and O–H groups in total. The Labute approximate surface area is 119 Å². The average Bonchev–Trinajstić information content (AvgIpc) is 2.73. The molecule has 0 aromatic carbocycles. The minimum absolute atomic E-state index is 0.103. The average molecular weight is 304 g/mol. The summed E-state index contributed by atoms with van der Waals surface area (Å²) in [5, 5.41) is 3.86. The van der Waals surface area contributed by atoms with Crippen molar-refractivity contribution in [2.45, 2.75) is 32.4 Å². The molecular weight excluding hydrogens is 291 g/mol. The summed E-state index contributed by atoms with van der Waals surface area (Å²) in [6, 6.07) is 3.15. The maximum atomic E-state index is 13.1. The van der Waals surface area contributed by atoms with Gasteiger partial charge in [0.1, 0.15) is 0 Å². The highest BCUT2D eigenvalue weighted by molar-refractivity contribution is 6.32. The van der Waals surface area contributed by atoms with Gasteiger partial charge in [-0.3, -0.25) is 0 Å². The molecule has 3 nitrogen and oxygen atoms in total. The zero-order chi connectivity index (χ0) is 15.1. The van der Waals surface area contributed by atoms with Crippen molar-refractivity contribution < 1.29 is 13.2 Å². The molecule has 2 aromatic heterocycles. The van der Waals surface area contributed by atoms with E-state index in [-0.39, 0.29) is 16.4 Å². The topological polar surface area (TPSA) is 30.7 Å². The standard InChI is InChI=1S/C13H13ClF3N3/c1-12(2,3)8-7-20(19-10(8)13(15,16)17)11-9(14)5-4-6-18-11/h4-7H,1-3H3. The maximum absolute atomic E-state index is 13.1.